The second-order valence-electron chi connectivity index (χ2n) is 4.74. The summed E-state index contributed by atoms with van der Waals surface area (Å²) in [6.45, 7) is 3.71. The van der Waals surface area contributed by atoms with Gasteiger partial charge in [0.05, 0.1) is 24.1 Å². The Morgan fingerprint density at radius 1 is 1.33 bits per heavy atom. The van der Waals surface area contributed by atoms with Crippen molar-refractivity contribution in [1.29, 1.82) is 0 Å². The van der Waals surface area contributed by atoms with E-state index in [9.17, 15) is 9.59 Å². The van der Waals surface area contributed by atoms with Gasteiger partial charge in [0.2, 0.25) is 0 Å². The molecular weight excluding hydrogens is 274 g/mol. The van der Waals surface area contributed by atoms with Crippen molar-refractivity contribution in [3.63, 3.8) is 0 Å². The van der Waals surface area contributed by atoms with E-state index in [-0.39, 0.29) is 11.6 Å². The second kappa shape index (κ2) is 5.74. The van der Waals surface area contributed by atoms with Gasteiger partial charge in [0.15, 0.2) is 5.69 Å². The van der Waals surface area contributed by atoms with Gasteiger partial charge in [-0.3, -0.25) is 0 Å². The van der Waals surface area contributed by atoms with Crippen molar-refractivity contribution in [2.45, 2.75) is 19.8 Å². The lowest BCUT2D eigenvalue weighted by Gasteiger charge is -2.10. The molecule has 0 spiro atoms. The van der Waals surface area contributed by atoms with Crippen molar-refractivity contribution >= 4 is 11.9 Å². The number of hydrogen-bond acceptors (Lipinski definition) is 5. The average molecular weight is 289 g/mol. The molecule has 2 rings (SSSR count). The van der Waals surface area contributed by atoms with E-state index in [4.69, 9.17) is 5.11 Å². The number of esters is 1. The Balaban J connectivity index is 2.57. The van der Waals surface area contributed by atoms with Gasteiger partial charge in [-0.2, -0.15) is 0 Å². The molecule has 0 aliphatic carbocycles. The molecule has 7 nitrogen and oxygen atoms in total. The van der Waals surface area contributed by atoms with Gasteiger partial charge in [-0.05, 0) is 24.1 Å². The van der Waals surface area contributed by atoms with Crippen molar-refractivity contribution in [3.05, 3.63) is 41.2 Å². The van der Waals surface area contributed by atoms with Gasteiger partial charge in [-0.25, -0.2) is 14.3 Å². The highest BCUT2D eigenvalue weighted by Crippen LogP contribution is 2.22. The van der Waals surface area contributed by atoms with Gasteiger partial charge in [0.1, 0.15) is 0 Å². The molecule has 21 heavy (non-hydrogen) atoms. The van der Waals surface area contributed by atoms with Crippen LogP contribution in [0.1, 0.15) is 46.3 Å². The van der Waals surface area contributed by atoms with Crippen molar-refractivity contribution < 1.29 is 19.4 Å². The molecule has 0 unspecified atom stereocenters. The van der Waals surface area contributed by atoms with Gasteiger partial charge < -0.3 is 9.84 Å². The Kier molecular flexibility index (Phi) is 4.02. The number of carboxylic acid groups (broad SMARTS) is 1. The Morgan fingerprint density at radius 2 is 2.05 bits per heavy atom. The molecule has 110 valence electrons. The first-order chi connectivity index (χ1) is 9.95. The summed E-state index contributed by atoms with van der Waals surface area (Å²) in [5.41, 5.74) is 1.30. The summed E-state index contributed by atoms with van der Waals surface area (Å²) in [6, 6.07) is 6.59. The van der Waals surface area contributed by atoms with E-state index in [0.717, 1.165) is 0 Å². The molecule has 1 heterocycles. The monoisotopic (exact) mass is 289 g/mol. The number of benzene rings is 1. The number of aromatic nitrogens is 3. The molecule has 0 fully saturated rings. The highest BCUT2D eigenvalue weighted by molar-refractivity contribution is 5.90. The number of hydrogen-bond donors (Lipinski definition) is 1. The molecule has 1 aromatic carbocycles. The molecular formula is C14H15N3O4. The highest BCUT2D eigenvalue weighted by Gasteiger charge is 2.22. The summed E-state index contributed by atoms with van der Waals surface area (Å²) in [6.07, 6.45) is 0. The number of carboxylic acids is 1. The van der Waals surface area contributed by atoms with E-state index in [1.165, 1.54) is 11.8 Å². The lowest BCUT2D eigenvalue weighted by Crippen LogP contribution is -2.09. The smallest absolute Gasteiger partial charge is 0.358 e. The Hall–Kier alpha value is -2.70. The van der Waals surface area contributed by atoms with Gasteiger partial charge in [-0.1, -0.05) is 25.1 Å². The van der Waals surface area contributed by atoms with Crippen LogP contribution in [0.25, 0.3) is 5.69 Å². The van der Waals surface area contributed by atoms with Crippen LogP contribution in [0, 0.1) is 0 Å². The van der Waals surface area contributed by atoms with Crippen LogP contribution in [-0.2, 0) is 4.74 Å². The zero-order chi connectivity index (χ0) is 15.6. The predicted molar refractivity (Wildman–Crippen MR) is 73.7 cm³/mol. The zero-order valence-electron chi connectivity index (χ0n) is 11.9. The number of carbonyl (C=O) groups is 2. The van der Waals surface area contributed by atoms with Crippen LogP contribution in [-0.4, -0.2) is 39.1 Å². The number of aromatic carboxylic acids is 1. The van der Waals surface area contributed by atoms with Gasteiger partial charge in [-0.15, -0.1) is 5.10 Å². The number of rotatable bonds is 4. The van der Waals surface area contributed by atoms with E-state index in [0.29, 0.717) is 16.9 Å². The third kappa shape index (κ3) is 2.76. The minimum absolute atomic E-state index is 0.0894. The first-order valence-corrected chi connectivity index (χ1v) is 6.33. The SMILES string of the molecule is COC(=O)c1cccc(-n2nnc(C(=O)O)c2C(C)C)c1. The first kappa shape index (κ1) is 14.7. The fourth-order valence-corrected chi connectivity index (χ4v) is 2.03. The summed E-state index contributed by atoms with van der Waals surface area (Å²) >= 11 is 0. The average Bonchev–Trinajstić information content (AvgIpc) is 2.91. The van der Waals surface area contributed by atoms with E-state index >= 15 is 0 Å². The van der Waals surface area contributed by atoms with Crippen molar-refractivity contribution in [2.24, 2.45) is 0 Å². The molecule has 0 bridgehead atoms. The summed E-state index contributed by atoms with van der Waals surface area (Å²) in [5.74, 6) is -1.69. The maximum Gasteiger partial charge on any atom is 0.358 e. The predicted octanol–water partition coefficient (Wildman–Crippen LogP) is 1.88. The van der Waals surface area contributed by atoms with Crippen LogP contribution in [0.4, 0.5) is 0 Å². The summed E-state index contributed by atoms with van der Waals surface area (Å²) in [5, 5.41) is 16.8. The molecule has 1 aromatic heterocycles. The van der Waals surface area contributed by atoms with Gasteiger partial charge in [0, 0.05) is 0 Å². The fourth-order valence-electron chi connectivity index (χ4n) is 2.03. The molecule has 7 heteroatoms. The van der Waals surface area contributed by atoms with Crippen LogP contribution in [0.15, 0.2) is 24.3 Å². The van der Waals surface area contributed by atoms with Gasteiger partial charge in [0.25, 0.3) is 0 Å². The normalized spacial score (nSPS) is 10.7. The van der Waals surface area contributed by atoms with Crippen molar-refractivity contribution in [1.82, 2.24) is 15.0 Å². The van der Waals surface area contributed by atoms with Crippen LogP contribution < -0.4 is 0 Å². The molecule has 0 atom stereocenters. The Morgan fingerprint density at radius 3 is 2.62 bits per heavy atom. The lowest BCUT2D eigenvalue weighted by molar-refractivity contribution is 0.0599. The highest BCUT2D eigenvalue weighted by atomic mass is 16.5. The molecule has 0 radical (unpaired) electrons. The number of carbonyl (C=O) groups excluding carboxylic acids is 1. The Bertz CT molecular complexity index is 691. The van der Waals surface area contributed by atoms with Crippen LogP contribution >= 0.6 is 0 Å². The maximum atomic E-state index is 11.6. The number of methoxy groups -OCH3 is 1. The summed E-state index contributed by atoms with van der Waals surface area (Å²) < 4.78 is 6.10. The summed E-state index contributed by atoms with van der Waals surface area (Å²) in [4.78, 5) is 22.8. The third-order valence-electron chi connectivity index (χ3n) is 2.97. The van der Waals surface area contributed by atoms with E-state index in [2.05, 4.69) is 15.0 Å². The molecule has 0 saturated carbocycles. The van der Waals surface area contributed by atoms with E-state index < -0.39 is 11.9 Å². The molecule has 0 amide bonds. The molecule has 2 aromatic rings. The summed E-state index contributed by atoms with van der Waals surface area (Å²) in [7, 11) is 1.30. The van der Waals surface area contributed by atoms with Gasteiger partial charge >= 0.3 is 11.9 Å². The second-order valence-corrected chi connectivity index (χ2v) is 4.74. The van der Waals surface area contributed by atoms with Crippen LogP contribution in [0.3, 0.4) is 0 Å². The molecule has 0 aliphatic rings. The first-order valence-electron chi connectivity index (χ1n) is 6.33. The molecule has 0 aliphatic heterocycles. The minimum atomic E-state index is -1.13. The van der Waals surface area contributed by atoms with Crippen molar-refractivity contribution in [2.75, 3.05) is 7.11 Å². The standard InChI is InChI=1S/C14H15N3O4/c1-8(2)12-11(13(18)19)15-16-17(12)10-6-4-5-9(7-10)14(20)21-3/h4-8H,1-3H3,(H,18,19). The van der Waals surface area contributed by atoms with E-state index in [1.54, 1.807) is 24.3 Å². The lowest BCUT2D eigenvalue weighted by atomic mass is 10.1. The maximum absolute atomic E-state index is 11.6. The molecule has 0 saturated heterocycles. The number of ether oxygens (including phenoxy) is 1. The van der Waals surface area contributed by atoms with Crippen molar-refractivity contribution in [3.8, 4) is 5.69 Å². The topological polar surface area (TPSA) is 94.3 Å². The largest absolute Gasteiger partial charge is 0.476 e. The van der Waals surface area contributed by atoms with E-state index in [1.807, 2.05) is 13.8 Å². The quantitative estimate of drug-likeness (QED) is 0.863. The van der Waals surface area contributed by atoms with Crippen LogP contribution in [0.5, 0.6) is 0 Å². The Labute approximate surface area is 121 Å². The fraction of sp³-hybridized carbons (Fsp3) is 0.286. The molecule has 1 N–H and O–H groups in total. The minimum Gasteiger partial charge on any atom is -0.476 e. The van der Waals surface area contributed by atoms with Crippen LogP contribution in [0.2, 0.25) is 0 Å². The zero-order valence-corrected chi connectivity index (χ0v) is 11.9. The number of nitrogens with zero attached hydrogens (tertiary/aromatic N) is 3. The third-order valence-corrected chi connectivity index (χ3v) is 2.97.